The average molecular weight is 259 g/mol. The van der Waals surface area contributed by atoms with Crippen molar-refractivity contribution in [3.05, 3.63) is 41.7 Å². The molecule has 2 heterocycles. The average Bonchev–Trinajstić information content (AvgIpc) is 2.91. The van der Waals surface area contributed by atoms with E-state index in [0.29, 0.717) is 5.13 Å². The Morgan fingerprint density at radius 1 is 1.11 bits per heavy atom. The van der Waals surface area contributed by atoms with Gasteiger partial charge < -0.3 is 5.73 Å². The molecule has 3 aromatic rings. The first-order valence-electron chi connectivity index (χ1n) is 5.83. The highest BCUT2D eigenvalue weighted by molar-refractivity contribution is 7.20. The highest BCUT2D eigenvalue weighted by Crippen LogP contribution is 2.16. The molecule has 3 rings (SSSR count). The van der Waals surface area contributed by atoms with Crippen molar-refractivity contribution in [2.45, 2.75) is 19.3 Å². The van der Waals surface area contributed by atoms with E-state index in [0.717, 1.165) is 30.0 Å². The van der Waals surface area contributed by atoms with E-state index < -0.39 is 0 Å². The molecular weight excluding hydrogens is 246 g/mol. The minimum absolute atomic E-state index is 0.532. The van der Waals surface area contributed by atoms with Crippen LogP contribution in [0.3, 0.4) is 0 Å². The fourth-order valence-corrected chi connectivity index (χ4v) is 2.55. The van der Waals surface area contributed by atoms with Gasteiger partial charge in [-0.05, 0) is 18.4 Å². The van der Waals surface area contributed by atoms with Gasteiger partial charge in [0.2, 0.25) is 10.1 Å². The van der Waals surface area contributed by atoms with Crippen molar-refractivity contribution in [2.24, 2.45) is 0 Å². The Morgan fingerprint density at radius 2 is 1.94 bits per heavy atom. The first-order valence-corrected chi connectivity index (χ1v) is 6.65. The number of nitrogens with zero attached hydrogens (tertiary/aromatic N) is 4. The molecule has 2 N–H and O–H groups in total. The Kier molecular flexibility index (Phi) is 2.93. The molecule has 0 bridgehead atoms. The van der Waals surface area contributed by atoms with Gasteiger partial charge in [-0.2, -0.15) is 4.52 Å². The Balaban J connectivity index is 1.66. The molecule has 0 unspecified atom stereocenters. The molecule has 1 aromatic carbocycles. The van der Waals surface area contributed by atoms with Gasteiger partial charge in [-0.3, -0.25) is 0 Å². The highest BCUT2D eigenvalue weighted by atomic mass is 32.1. The third-order valence-corrected chi connectivity index (χ3v) is 3.51. The topological polar surface area (TPSA) is 69.1 Å². The summed E-state index contributed by atoms with van der Waals surface area (Å²) in [6.45, 7) is 0. The second-order valence-corrected chi connectivity index (χ2v) is 5.08. The summed E-state index contributed by atoms with van der Waals surface area (Å²) in [5.74, 6) is 0.883. The maximum Gasteiger partial charge on any atom is 0.236 e. The molecule has 5 nitrogen and oxygen atoms in total. The zero-order chi connectivity index (χ0) is 12.4. The van der Waals surface area contributed by atoms with Crippen LogP contribution in [0.15, 0.2) is 30.3 Å². The number of nitrogens with two attached hydrogens (primary N) is 1. The standard InChI is InChI=1S/C12H13N5S/c13-11-16-17-10(14-15-12(17)18-11)8-4-7-9-5-2-1-3-6-9/h1-3,5-6H,4,7-8H2,(H2,13,16). The van der Waals surface area contributed by atoms with Crippen LogP contribution < -0.4 is 5.73 Å². The largest absolute Gasteiger partial charge is 0.374 e. The van der Waals surface area contributed by atoms with Gasteiger partial charge in [0.1, 0.15) is 0 Å². The van der Waals surface area contributed by atoms with E-state index >= 15 is 0 Å². The van der Waals surface area contributed by atoms with Crippen molar-refractivity contribution in [3.8, 4) is 0 Å². The van der Waals surface area contributed by atoms with Gasteiger partial charge in [-0.1, -0.05) is 41.7 Å². The molecule has 0 aliphatic carbocycles. The van der Waals surface area contributed by atoms with Gasteiger partial charge in [0, 0.05) is 6.42 Å². The Hall–Kier alpha value is -1.95. The molecule has 18 heavy (non-hydrogen) atoms. The van der Waals surface area contributed by atoms with Crippen LogP contribution in [0.1, 0.15) is 17.8 Å². The predicted octanol–water partition coefficient (Wildman–Crippen LogP) is 1.94. The monoisotopic (exact) mass is 259 g/mol. The van der Waals surface area contributed by atoms with Gasteiger partial charge in [0.05, 0.1) is 0 Å². The van der Waals surface area contributed by atoms with Gasteiger partial charge in [-0.15, -0.1) is 15.3 Å². The number of hydrogen-bond donors (Lipinski definition) is 1. The number of benzene rings is 1. The number of aryl methyl sites for hydroxylation is 2. The predicted molar refractivity (Wildman–Crippen MR) is 71.5 cm³/mol. The van der Waals surface area contributed by atoms with Crippen LogP contribution in [-0.2, 0) is 12.8 Å². The molecule has 0 aliphatic rings. The van der Waals surface area contributed by atoms with Crippen molar-refractivity contribution in [1.82, 2.24) is 19.8 Å². The minimum Gasteiger partial charge on any atom is -0.374 e. The van der Waals surface area contributed by atoms with Gasteiger partial charge in [0.25, 0.3) is 0 Å². The minimum atomic E-state index is 0.532. The molecule has 0 aliphatic heterocycles. The van der Waals surface area contributed by atoms with Gasteiger partial charge in [-0.25, -0.2) is 0 Å². The molecule has 0 spiro atoms. The molecule has 0 amide bonds. The molecule has 0 atom stereocenters. The first kappa shape index (κ1) is 11.2. The lowest BCUT2D eigenvalue weighted by Gasteiger charge is -1.99. The number of rotatable bonds is 4. The van der Waals surface area contributed by atoms with Crippen LogP contribution in [0.25, 0.3) is 4.96 Å². The summed E-state index contributed by atoms with van der Waals surface area (Å²) < 4.78 is 1.74. The Bertz CT molecular complexity index is 643. The Morgan fingerprint density at radius 3 is 2.78 bits per heavy atom. The molecule has 2 aromatic heterocycles. The quantitative estimate of drug-likeness (QED) is 0.777. The van der Waals surface area contributed by atoms with Crippen LogP contribution >= 0.6 is 11.3 Å². The number of nitrogen functional groups attached to an aromatic ring is 1. The lowest BCUT2D eigenvalue weighted by atomic mass is 10.1. The summed E-state index contributed by atoms with van der Waals surface area (Å²) in [5, 5.41) is 12.9. The van der Waals surface area contributed by atoms with Crippen LogP contribution in [0.5, 0.6) is 0 Å². The zero-order valence-electron chi connectivity index (χ0n) is 9.78. The molecule has 0 fully saturated rings. The number of aromatic nitrogens is 4. The van der Waals surface area contributed by atoms with E-state index in [4.69, 9.17) is 5.73 Å². The second kappa shape index (κ2) is 4.73. The summed E-state index contributed by atoms with van der Waals surface area (Å²) in [6, 6.07) is 10.4. The van der Waals surface area contributed by atoms with Crippen molar-refractivity contribution in [2.75, 3.05) is 5.73 Å². The molecule has 0 radical (unpaired) electrons. The van der Waals surface area contributed by atoms with Crippen LogP contribution in [0, 0.1) is 0 Å². The summed E-state index contributed by atoms with van der Waals surface area (Å²) in [5.41, 5.74) is 6.99. The highest BCUT2D eigenvalue weighted by Gasteiger charge is 2.09. The second-order valence-electron chi connectivity index (χ2n) is 4.09. The summed E-state index contributed by atoms with van der Waals surface area (Å²) in [4.78, 5) is 0.766. The summed E-state index contributed by atoms with van der Waals surface area (Å²) in [6.07, 6.45) is 2.93. The number of anilines is 1. The fourth-order valence-electron chi connectivity index (χ4n) is 1.92. The fraction of sp³-hybridized carbons (Fsp3) is 0.250. The van der Waals surface area contributed by atoms with Crippen molar-refractivity contribution < 1.29 is 0 Å². The first-order chi connectivity index (χ1) is 8.83. The summed E-state index contributed by atoms with van der Waals surface area (Å²) in [7, 11) is 0. The van der Waals surface area contributed by atoms with E-state index in [2.05, 4.69) is 39.6 Å². The molecule has 92 valence electrons. The van der Waals surface area contributed by atoms with Crippen molar-refractivity contribution in [1.29, 1.82) is 0 Å². The number of hydrogen-bond acceptors (Lipinski definition) is 5. The van der Waals surface area contributed by atoms with Crippen LogP contribution in [0.2, 0.25) is 0 Å². The lowest BCUT2D eigenvalue weighted by Crippen LogP contribution is -1.98. The van der Waals surface area contributed by atoms with Crippen LogP contribution in [-0.4, -0.2) is 19.8 Å². The van der Waals surface area contributed by atoms with Crippen molar-refractivity contribution >= 4 is 21.4 Å². The Labute approximate surface area is 108 Å². The van der Waals surface area contributed by atoms with E-state index in [1.165, 1.54) is 16.9 Å². The third-order valence-electron chi connectivity index (χ3n) is 2.78. The van der Waals surface area contributed by atoms with E-state index in [-0.39, 0.29) is 0 Å². The van der Waals surface area contributed by atoms with Crippen LogP contribution in [0.4, 0.5) is 5.13 Å². The maximum absolute atomic E-state index is 5.64. The SMILES string of the molecule is Nc1nn2c(CCCc3ccccc3)nnc2s1. The van der Waals surface area contributed by atoms with Gasteiger partial charge in [0.15, 0.2) is 5.82 Å². The molecule has 6 heteroatoms. The van der Waals surface area contributed by atoms with E-state index in [1.807, 2.05) is 6.07 Å². The third kappa shape index (κ3) is 2.19. The molecular formula is C12H13N5S. The smallest absolute Gasteiger partial charge is 0.236 e. The molecule has 0 saturated heterocycles. The molecule has 0 saturated carbocycles. The number of fused-ring (bicyclic) bond motifs is 1. The van der Waals surface area contributed by atoms with Crippen molar-refractivity contribution in [3.63, 3.8) is 0 Å². The van der Waals surface area contributed by atoms with Gasteiger partial charge >= 0.3 is 0 Å². The normalized spacial score (nSPS) is 11.1. The lowest BCUT2D eigenvalue weighted by molar-refractivity contribution is 0.737. The maximum atomic E-state index is 5.64. The van der Waals surface area contributed by atoms with E-state index in [1.54, 1.807) is 4.52 Å². The zero-order valence-corrected chi connectivity index (χ0v) is 10.6. The summed E-state index contributed by atoms with van der Waals surface area (Å²) >= 11 is 1.36. The van der Waals surface area contributed by atoms with E-state index in [9.17, 15) is 0 Å².